The van der Waals surface area contributed by atoms with Gasteiger partial charge in [0.2, 0.25) is 0 Å². The largest absolute Gasteiger partial charge is 0.481 e. The van der Waals surface area contributed by atoms with Crippen LogP contribution in [0.3, 0.4) is 0 Å². The van der Waals surface area contributed by atoms with Crippen molar-refractivity contribution in [1.29, 1.82) is 0 Å². The summed E-state index contributed by atoms with van der Waals surface area (Å²) < 4.78 is 31.6. The highest BCUT2D eigenvalue weighted by molar-refractivity contribution is 7.79. The van der Waals surface area contributed by atoms with Crippen LogP contribution < -0.4 is 17.4 Å². The van der Waals surface area contributed by atoms with Crippen molar-refractivity contribution < 1.29 is 62.3 Å². The zero-order chi connectivity index (χ0) is 24.2. The van der Waals surface area contributed by atoms with Crippen LogP contribution in [0.5, 0.6) is 0 Å². The number of carboxylic acids is 4. The van der Waals surface area contributed by atoms with E-state index < -0.39 is 34.3 Å². The summed E-state index contributed by atoms with van der Waals surface area (Å²) in [5.74, 6) is 0.167. The maximum absolute atomic E-state index is 9.00. The number of carbonyl (C=O) groups is 4. The van der Waals surface area contributed by atoms with Crippen LogP contribution in [0.4, 0.5) is 0 Å². The molecule has 0 aromatic heterocycles. The van der Waals surface area contributed by atoms with Gasteiger partial charge < -0.3 is 37.1 Å². The Labute approximate surface area is 155 Å². The molecule has 168 valence electrons. The Morgan fingerprint density at radius 3 is 0.667 bits per heavy atom. The Morgan fingerprint density at radius 2 is 0.667 bits per heavy atom. The lowest BCUT2D eigenvalue weighted by Crippen LogP contribution is -2.11. The average molecular weight is 431 g/mol. The first-order valence-electron chi connectivity index (χ1n) is 5.98. The van der Waals surface area contributed by atoms with E-state index in [-0.39, 0.29) is 0 Å². The molecule has 0 atom stereocenters. The molecule has 0 unspecified atom stereocenters. The molecule has 0 aromatic carbocycles. The molecule has 16 nitrogen and oxygen atoms in total. The number of nitrogens with two attached hydrogens (primary N) is 3. The monoisotopic (exact) mass is 431 g/mol. The molecule has 27 heavy (non-hydrogen) atoms. The minimum atomic E-state index is -4.67. The van der Waals surface area contributed by atoms with Gasteiger partial charge >= 0.3 is 10.4 Å². The summed E-state index contributed by atoms with van der Waals surface area (Å²) in [6.45, 7) is 5.53. The molecular formula is C10H29N3O13S. The van der Waals surface area contributed by atoms with Crippen molar-refractivity contribution in [3.63, 3.8) is 0 Å². The van der Waals surface area contributed by atoms with E-state index in [0.29, 0.717) is 13.1 Å². The summed E-state index contributed by atoms with van der Waals surface area (Å²) in [5.41, 5.74) is 9.81. The van der Waals surface area contributed by atoms with Crippen molar-refractivity contribution in [3.8, 4) is 0 Å². The van der Waals surface area contributed by atoms with Crippen LogP contribution in [-0.4, -0.2) is 80.1 Å². The van der Waals surface area contributed by atoms with E-state index in [2.05, 4.69) is 5.90 Å². The Morgan fingerprint density at radius 1 is 0.630 bits per heavy atom. The predicted octanol–water partition coefficient (Wildman–Crippen LogP) is -2.05. The smallest absolute Gasteiger partial charge is 0.394 e. The van der Waals surface area contributed by atoms with Gasteiger partial charge in [-0.25, -0.2) is 5.90 Å². The van der Waals surface area contributed by atoms with E-state index in [1.807, 2.05) is 0 Å². The molecule has 0 aromatic rings. The van der Waals surface area contributed by atoms with Crippen molar-refractivity contribution in [2.45, 2.75) is 27.7 Å². The lowest BCUT2D eigenvalue weighted by molar-refractivity contribution is -0.135. The van der Waals surface area contributed by atoms with E-state index in [4.69, 9.17) is 73.8 Å². The maximum Gasteiger partial charge on any atom is 0.394 e. The van der Waals surface area contributed by atoms with Crippen LogP contribution in [0.1, 0.15) is 27.7 Å². The average Bonchev–Trinajstić information content (AvgIpc) is 2.36. The molecule has 0 aliphatic carbocycles. The molecule has 0 fully saturated rings. The third kappa shape index (κ3) is 5530. The lowest BCUT2D eigenvalue weighted by Gasteiger charge is -1.72. The van der Waals surface area contributed by atoms with Gasteiger partial charge in [0.1, 0.15) is 0 Å². The molecule has 13 N–H and O–H groups in total. The van der Waals surface area contributed by atoms with Crippen LogP contribution in [-0.2, 0) is 29.6 Å². The molecular weight excluding hydrogens is 402 g/mol. The molecule has 0 heterocycles. The second kappa shape index (κ2) is 38.9. The van der Waals surface area contributed by atoms with Gasteiger partial charge in [0.05, 0.1) is 0 Å². The second-order valence-electron chi connectivity index (χ2n) is 3.10. The topological polar surface area (TPSA) is 322 Å². The minimum Gasteiger partial charge on any atom is -0.481 e. The standard InChI is InChI=1S/C2H8N2.4C2H4O2.H3NO.H2O4S/c3-1-2-4;4*1-2(3)4;1-2;1-5(2,3)4/h1-4H2;4*1H3,(H,3,4);2H,1H2;(H2,1,2,3,4). The highest BCUT2D eigenvalue weighted by Gasteiger charge is 1.84. The fourth-order valence-corrected chi connectivity index (χ4v) is 0. The van der Waals surface area contributed by atoms with Crippen LogP contribution in [0.2, 0.25) is 0 Å². The molecule has 0 rings (SSSR count). The zero-order valence-corrected chi connectivity index (χ0v) is 16.0. The summed E-state index contributed by atoms with van der Waals surface area (Å²) in [5, 5.41) is 36.2. The molecule has 0 radical (unpaired) electrons. The lowest BCUT2D eigenvalue weighted by atomic mass is 10.7. The number of aliphatic carboxylic acids is 4. The maximum atomic E-state index is 9.00. The Hall–Kier alpha value is -2.41. The van der Waals surface area contributed by atoms with Crippen molar-refractivity contribution in [2.75, 3.05) is 13.1 Å². The van der Waals surface area contributed by atoms with E-state index in [0.717, 1.165) is 27.7 Å². The van der Waals surface area contributed by atoms with Gasteiger partial charge in [-0.3, -0.25) is 28.3 Å². The van der Waals surface area contributed by atoms with E-state index in [1.165, 1.54) is 0 Å². The van der Waals surface area contributed by atoms with Gasteiger partial charge in [-0.15, -0.1) is 0 Å². The van der Waals surface area contributed by atoms with E-state index >= 15 is 0 Å². The number of hydrogen-bond donors (Lipinski definition) is 10. The minimum absolute atomic E-state index is 0.597. The highest BCUT2D eigenvalue weighted by Crippen LogP contribution is 1.59. The predicted molar refractivity (Wildman–Crippen MR) is 91.5 cm³/mol. The van der Waals surface area contributed by atoms with Crippen molar-refractivity contribution in [2.24, 2.45) is 17.4 Å². The molecule has 17 heteroatoms. The summed E-state index contributed by atoms with van der Waals surface area (Å²) in [7, 11) is -4.67. The molecule has 0 spiro atoms. The Balaban J connectivity index is -0.0000000350. The molecule has 0 aliphatic heterocycles. The second-order valence-corrected chi connectivity index (χ2v) is 4.00. The molecule has 0 bridgehead atoms. The quantitative estimate of drug-likeness (QED) is 0.157. The van der Waals surface area contributed by atoms with E-state index in [1.54, 1.807) is 0 Å². The van der Waals surface area contributed by atoms with Crippen molar-refractivity contribution in [3.05, 3.63) is 0 Å². The normalized spacial score (nSPS) is 7.19. The van der Waals surface area contributed by atoms with Gasteiger partial charge in [0.25, 0.3) is 23.9 Å². The number of carboxylic acid groups (broad SMARTS) is 4. The summed E-state index contributed by atoms with van der Waals surface area (Å²) >= 11 is 0. The Bertz CT molecular complexity index is 366. The fraction of sp³-hybridized carbons (Fsp3) is 0.600. The summed E-state index contributed by atoms with van der Waals surface area (Å²) in [6, 6.07) is 0. The number of rotatable bonds is 1. The van der Waals surface area contributed by atoms with Crippen molar-refractivity contribution in [1.82, 2.24) is 0 Å². The first-order chi connectivity index (χ1) is 11.8. The van der Waals surface area contributed by atoms with Crippen LogP contribution >= 0.6 is 0 Å². The Kier molecular flexibility index (Phi) is 63.7. The summed E-state index contributed by atoms with van der Waals surface area (Å²) in [4.78, 5) is 36.0. The van der Waals surface area contributed by atoms with Gasteiger partial charge in [0.15, 0.2) is 0 Å². The number of hydrogen-bond acceptors (Lipinski definition) is 10. The van der Waals surface area contributed by atoms with Gasteiger partial charge in [-0.2, -0.15) is 8.42 Å². The SMILES string of the molecule is CC(=O)O.CC(=O)O.CC(=O)O.CC(=O)O.NCCN.NO.O=S(=O)(O)O. The van der Waals surface area contributed by atoms with Gasteiger partial charge in [-0.05, 0) is 0 Å². The molecule has 0 saturated heterocycles. The van der Waals surface area contributed by atoms with Gasteiger partial charge in [0, 0.05) is 40.8 Å². The molecule has 0 aliphatic rings. The first kappa shape index (κ1) is 44.2. The van der Waals surface area contributed by atoms with Crippen LogP contribution in [0, 0.1) is 0 Å². The zero-order valence-electron chi connectivity index (χ0n) is 15.1. The highest BCUT2D eigenvalue weighted by atomic mass is 32.3. The van der Waals surface area contributed by atoms with Crippen LogP contribution in [0.25, 0.3) is 0 Å². The third-order valence-corrected chi connectivity index (χ3v) is 0.167. The molecule has 0 amide bonds. The first-order valence-corrected chi connectivity index (χ1v) is 7.38. The van der Waals surface area contributed by atoms with Crippen molar-refractivity contribution >= 4 is 34.3 Å². The summed E-state index contributed by atoms with van der Waals surface area (Å²) in [6.07, 6.45) is 0. The molecule has 0 saturated carbocycles. The van der Waals surface area contributed by atoms with Gasteiger partial charge in [-0.1, -0.05) is 0 Å². The van der Waals surface area contributed by atoms with E-state index in [9.17, 15) is 0 Å². The van der Waals surface area contributed by atoms with Crippen LogP contribution in [0.15, 0.2) is 0 Å². The third-order valence-electron chi connectivity index (χ3n) is 0.167. The fourth-order valence-electron chi connectivity index (χ4n) is 0.